The molecule has 2 rings (SSSR count). The SMILES string of the molecule is C[C@H](Oc1ccc(Br)cc1)C(=O)NNC(=O)C1CCCCC1. The summed E-state index contributed by atoms with van der Waals surface area (Å²) in [5.74, 6) is 0.136. The molecule has 0 saturated heterocycles. The van der Waals surface area contributed by atoms with E-state index in [1.807, 2.05) is 12.1 Å². The Bertz CT molecular complexity index is 513. The first-order valence-electron chi connectivity index (χ1n) is 7.58. The number of amides is 2. The molecular weight excluding hydrogens is 348 g/mol. The Balaban J connectivity index is 1.76. The molecule has 0 aliphatic heterocycles. The summed E-state index contributed by atoms with van der Waals surface area (Å²) in [4.78, 5) is 23.9. The van der Waals surface area contributed by atoms with Gasteiger partial charge in [0.2, 0.25) is 5.91 Å². The van der Waals surface area contributed by atoms with E-state index in [4.69, 9.17) is 4.74 Å². The van der Waals surface area contributed by atoms with Crippen molar-refractivity contribution < 1.29 is 14.3 Å². The zero-order valence-corrected chi connectivity index (χ0v) is 14.2. The van der Waals surface area contributed by atoms with E-state index < -0.39 is 6.10 Å². The summed E-state index contributed by atoms with van der Waals surface area (Å²) in [6.07, 6.45) is 4.45. The van der Waals surface area contributed by atoms with E-state index in [0.29, 0.717) is 5.75 Å². The van der Waals surface area contributed by atoms with Crippen LogP contribution in [0.4, 0.5) is 0 Å². The Kier molecular flexibility index (Phi) is 6.24. The van der Waals surface area contributed by atoms with Gasteiger partial charge in [0.1, 0.15) is 5.75 Å². The van der Waals surface area contributed by atoms with Crippen LogP contribution >= 0.6 is 15.9 Å². The maximum Gasteiger partial charge on any atom is 0.279 e. The summed E-state index contributed by atoms with van der Waals surface area (Å²) in [6, 6.07) is 7.22. The Morgan fingerprint density at radius 3 is 2.41 bits per heavy atom. The lowest BCUT2D eigenvalue weighted by Gasteiger charge is -2.21. The van der Waals surface area contributed by atoms with Gasteiger partial charge in [-0.3, -0.25) is 20.4 Å². The summed E-state index contributed by atoms with van der Waals surface area (Å²) >= 11 is 3.34. The second kappa shape index (κ2) is 8.17. The van der Waals surface area contributed by atoms with Crippen LogP contribution < -0.4 is 15.6 Å². The van der Waals surface area contributed by atoms with Gasteiger partial charge in [-0.25, -0.2) is 0 Å². The molecule has 1 aliphatic rings. The smallest absolute Gasteiger partial charge is 0.279 e. The molecule has 0 heterocycles. The minimum Gasteiger partial charge on any atom is -0.481 e. The first-order chi connectivity index (χ1) is 10.6. The van der Waals surface area contributed by atoms with Crippen LogP contribution in [0.25, 0.3) is 0 Å². The molecule has 1 aliphatic carbocycles. The fraction of sp³-hybridized carbons (Fsp3) is 0.500. The van der Waals surface area contributed by atoms with E-state index in [0.717, 1.165) is 30.2 Å². The third-order valence-electron chi connectivity index (χ3n) is 3.78. The molecule has 0 bridgehead atoms. The van der Waals surface area contributed by atoms with Crippen LogP contribution in [-0.4, -0.2) is 17.9 Å². The summed E-state index contributed by atoms with van der Waals surface area (Å²) in [7, 11) is 0. The zero-order chi connectivity index (χ0) is 15.9. The molecule has 1 atom stereocenters. The van der Waals surface area contributed by atoms with E-state index in [1.165, 1.54) is 6.42 Å². The van der Waals surface area contributed by atoms with Crippen LogP contribution in [0.2, 0.25) is 0 Å². The number of carbonyl (C=O) groups excluding carboxylic acids is 2. The number of ether oxygens (including phenoxy) is 1. The number of rotatable bonds is 4. The van der Waals surface area contributed by atoms with Crippen molar-refractivity contribution in [3.05, 3.63) is 28.7 Å². The Hall–Kier alpha value is -1.56. The molecule has 1 fully saturated rings. The van der Waals surface area contributed by atoms with Gasteiger partial charge in [0.15, 0.2) is 6.10 Å². The van der Waals surface area contributed by atoms with Crippen LogP contribution in [0.3, 0.4) is 0 Å². The van der Waals surface area contributed by atoms with Gasteiger partial charge in [-0.2, -0.15) is 0 Å². The first-order valence-corrected chi connectivity index (χ1v) is 8.37. The molecule has 2 amide bonds. The van der Waals surface area contributed by atoms with Crippen LogP contribution in [0.15, 0.2) is 28.7 Å². The number of nitrogens with one attached hydrogen (secondary N) is 2. The molecule has 1 aromatic carbocycles. The minimum absolute atomic E-state index is 0.0109. The molecule has 0 aromatic heterocycles. The van der Waals surface area contributed by atoms with E-state index in [1.54, 1.807) is 19.1 Å². The van der Waals surface area contributed by atoms with Gasteiger partial charge in [0, 0.05) is 10.4 Å². The number of hydrogen-bond acceptors (Lipinski definition) is 3. The third kappa shape index (κ3) is 5.02. The molecule has 5 nitrogen and oxygen atoms in total. The second-order valence-corrected chi connectivity index (χ2v) is 6.44. The highest BCUT2D eigenvalue weighted by Crippen LogP contribution is 2.23. The molecule has 120 valence electrons. The van der Waals surface area contributed by atoms with Crippen LogP contribution in [0.5, 0.6) is 5.75 Å². The number of carbonyl (C=O) groups is 2. The predicted octanol–water partition coefficient (Wildman–Crippen LogP) is 2.94. The van der Waals surface area contributed by atoms with Crippen molar-refractivity contribution in [1.29, 1.82) is 0 Å². The van der Waals surface area contributed by atoms with E-state index in [9.17, 15) is 9.59 Å². The van der Waals surface area contributed by atoms with Crippen molar-refractivity contribution in [2.75, 3.05) is 0 Å². The maximum atomic E-state index is 11.9. The normalized spacial score (nSPS) is 16.6. The summed E-state index contributed by atoms with van der Waals surface area (Å²) in [6.45, 7) is 1.64. The van der Waals surface area contributed by atoms with Crippen molar-refractivity contribution >= 4 is 27.7 Å². The summed E-state index contributed by atoms with van der Waals surface area (Å²) in [5, 5.41) is 0. The van der Waals surface area contributed by atoms with Crippen LogP contribution in [0, 0.1) is 5.92 Å². The molecule has 2 N–H and O–H groups in total. The van der Waals surface area contributed by atoms with Crippen molar-refractivity contribution in [1.82, 2.24) is 10.9 Å². The molecule has 1 aromatic rings. The zero-order valence-electron chi connectivity index (χ0n) is 12.6. The Labute approximate surface area is 138 Å². The van der Waals surface area contributed by atoms with E-state index in [2.05, 4.69) is 26.8 Å². The largest absolute Gasteiger partial charge is 0.481 e. The highest BCUT2D eigenvalue weighted by Gasteiger charge is 2.22. The molecule has 22 heavy (non-hydrogen) atoms. The average Bonchev–Trinajstić information content (AvgIpc) is 2.55. The first kappa shape index (κ1) is 16.8. The second-order valence-electron chi connectivity index (χ2n) is 5.53. The topological polar surface area (TPSA) is 67.4 Å². The maximum absolute atomic E-state index is 11.9. The number of benzene rings is 1. The van der Waals surface area contributed by atoms with Gasteiger partial charge in [-0.05, 0) is 44.0 Å². The summed E-state index contributed by atoms with van der Waals surface area (Å²) < 4.78 is 6.47. The molecule has 1 saturated carbocycles. The fourth-order valence-corrected chi connectivity index (χ4v) is 2.73. The minimum atomic E-state index is -0.687. The van der Waals surface area contributed by atoms with Crippen molar-refractivity contribution in [3.63, 3.8) is 0 Å². The Morgan fingerprint density at radius 1 is 1.14 bits per heavy atom. The number of halogens is 1. The van der Waals surface area contributed by atoms with Crippen LogP contribution in [-0.2, 0) is 9.59 Å². The Morgan fingerprint density at radius 2 is 1.77 bits per heavy atom. The highest BCUT2D eigenvalue weighted by atomic mass is 79.9. The van der Waals surface area contributed by atoms with E-state index >= 15 is 0 Å². The van der Waals surface area contributed by atoms with Crippen molar-refractivity contribution in [2.24, 2.45) is 5.92 Å². The molecule has 0 radical (unpaired) electrons. The van der Waals surface area contributed by atoms with Gasteiger partial charge >= 0.3 is 0 Å². The van der Waals surface area contributed by atoms with Gasteiger partial charge in [0.05, 0.1) is 0 Å². The molecule has 6 heteroatoms. The molecule has 0 unspecified atom stereocenters. The fourth-order valence-electron chi connectivity index (χ4n) is 2.46. The molecule has 0 spiro atoms. The van der Waals surface area contributed by atoms with E-state index in [-0.39, 0.29) is 17.7 Å². The number of hydrogen-bond donors (Lipinski definition) is 2. The van der Waals surface area contributed by atoms with Crippen LogP contribution in [0.1, 0.15) is 39.0 Å². The lowest BCUT2D eigenvalue weighted by atomic mass is 9.89. The average molecular weight is 369 g/mol. The van der Waals surface area contributed by atoms with Gasteiger partial charge in [0.25, 0.3) is 5.91 Å². The predicted molar refractivity (Wildman–Crippen MR) is 87.1 cm³/mol. The quantitative estimate of drug-likeness (QED) is 0.802. The monoisotopic (exact) mass is 368 g/mol. The highest BCUT2D eigenvalue weighted by molar-refractivity contribution is 9.10. The van der Waals surface area contributed by atoms with Crippen molar-refractivity contribution in [2.45, 2.75) is 45.1 Å². The third-order valence-corrected chi connectivity index (χ3v) is 4.31. The lowest BCUT2D eigenvalue weighted by molar-refractivity contribution is -0.134. The lowest BCUT2D eigenvalue weighted by Crippen LogP contribution is -2.49. The standard InChI is InChI=1S/C16H21BrN2O3/c1-11(22-14-9-7-13(17)8-10-14)15(20)18-19-16(21)12-5-3-2-4-6-12/h7-12H,2-6H2,1H3,(H,18,20)(H,19,21)/t11-/m0/s1. The summed E-state index contributed by atoms with van der Waals surface area (Å²) in [5.41, 5.74) is 4.94. The number of hydrazine groups is 1. The molecular formula is C16H21BrN2O3. The van der Waals surface area contributed by atoms with Gasteiger partial charge < -0.3 is 4.74 Å². The van der Waals surface area contributed by atoms with Crippen molar-refractivity contribution in [3.8, 4) is 5.75 Å². The van der Waals surface area contributed by atoms with Gasteiger partial charge in [-0.15, -0.1) is 0 Å². The van der Waals surface area contributed by atoms with Gasteiger partial charge in [-0.1, -0.05) is 35.2 Å².